The van der Waals surface area contributed by atoms with Gasteiger partial charge in [-0.15, -0.1) is 11.3 Å². The van der Waals surface area contributed by atoms with E-state index in [0.717, 1.165) is 18.4 Å². The highest BCUT2D eigenvalue weighted by Gasteiger charge is 2.33. The molecule has 1 fully saturated rings. The molecule has 20 heavy (non-hydrogen) atoms. The van der Waals surface area contributed by atoms with Crippen molar-refractivity contribution in [2.24, 2.45) is 0 Å². The number of piperazine rings is 1. The zero-order valence-corrected chi connectivity index (χ0v) is 12.6. The maximum Gasteiger partial charge on any atom is 0.255 e. The maximum atomic E-state index is 12.8. The van der Waals surface area contributed by atoms with Gasteiger partial charge in [0.15, 0.2) is 0 Å². The van der Waals surface area contributed by atoms with Gasteiger partial charge in [0.25, 0.3) is 5.91 Å². The van der Waals surface area contributed by atoms with Crippen LogP contribution in [0.3, 0.4) is 0 Å². The van der Waals surface area contributed by atoms with Crippen LogP contribution < -0.4 is 5.32 Å². The predicted molar refractivity (Wildman–Crippen MR) is 79.1 cm³/mol. The second-order valence-electron chi connectivity index (χ2n) is 5.47. The summed E-state index contributed by atoms with van der Waals surface area (Å²) in [5.74, 6) is 0.0299. The zero-order chi connectivity index (χ0) is 14.1. The van der Waals surface area contributed by atoms with Crippen LogP contribution in [-0.4, -0.2) is 35.8 Å². The Hall–Kier alpha value is -1.36. The number of thiophene rings is 1. The first-order chi connectivity index (χ1) is 9.72. The largest absolute Gasteiger partial charge is 0.353 e. The van der Waals surface area contributed by atoms with Gasteiger partial charge in [-0.25, -0.2) is 0 Å². The molecule has 1 aliphatic heterocycles. The predicted octanol–water partition coefficient (Wildman–Crippen LogP) is 1.98. The summed E-state index contributed by atoms with van der Waals surface area (Å²) < 4.78 is 0. The Bertz CT molecular complexity index is 538. The molecule has 0 radical (unpaired) electrons. The molecule has 108 valence electrons. The number of aryl methyl sites for hydroxylation is 1. The van der Waals surface area contributed by atoms with E-state index in [1.54, 1.807) is 16.2 Å². The van der Waals surface area contributed by atoms with Gasteiger partial charge >= 0.3 is 0 Å². The first-order valence-electron chi connectivity index (χ1n) is 7.40. The molecule has 0 aromatic carbocycles. The molecule has 1 unspecified atom stereocenters. The Morgan fingerprint density at radius 1 is 1.45 bits per heavy atom. The lowest BCUT2D eigenvalue weighted by Crippen LogP contribution is -2.57. The van der Waals surface area contributed by atoms with Crippen molar-refractivity contribution in [3.8, 4) is 0 Å². The summed E-state index contributed by atoms with van der Waals surface area (Å²) in [5, 5.41) is 4.84. The van der Waals surface area contributed by atoms with Crippen LogP contribution in [0.5, 0.6) is 0 Å². The Morgan fingerprint density at radius 2 is 2.25 bits per heavy atom. The van der Waals surface area contributed by atoms with Gasteiger partial charge in [-0.3, -0.25) is 9.59 Å². The van der Waals surface area contributed by atoms with Gasteiger partial charge in [0, 0.05) is 23.3 Å². The summed E-state index contributed by atoms with van der Waals surface area (Å²) in [6.45, 7) is 3.14. The molecule has 1 N–H and O–H groups in total. The van der Waals surface area contributed by atoms with Crippen LogP contribution in [0.2, 0.25) is 0 Å². The van der Waals surface area contributed by atoms with Crippen LogP contribution in [0.1, 0.15) is 47.0 Å². The fraction of sp³-hybridized carbons (Fsp3) is 0.600. The van der Waals surface area contributed by atoms with Crippen LogP contribution in [0.15, 0.2) is 5.38 Å². The monoisotopic (exact) mass is 292 g/mol. The van der Waals surface area contributed by atoms with E-state index in [1.807, 2.05) is 12.3 Å². The van der Waals surface area contributed by atoms with Gasteiger partial charge < -0.3 is 10.2 Å². The number of carbonyl (C=O) groups excluding carboxylic acids is 2. The first kappa shape index (κ1) is 13.6. The quantitative estimate of drug-likeness (QED) is 0.906. The molecular weight excluding hydrogens is 272 g/mol. The number of hydrogen-bond acceptors (Lipinski definition) is 3. The van der Waals surface area contributed by atoms with E-state index in [2.05, 4.69) is 5.32 Å². The number of carbonyl (C=O) groups is 2. The average molecular weight is 292 g/mol. The molecule has 0 bridgehead atoms. The smallest absolute Gasteiger partial charge is 0.255 e. The van der Waals surface area contributed by atoms with Crippen molar-refractivity contribution in [1.29, 1.82) is 0 Å². The fourth-order valence-electron chi connectivity index (χ4n) is 3.19. The topological polar surface area (TPSA) is 49.4 Å². The van der Waals surface area contributed by atoms with Gasteiger partial charge in [-0.1, -0.05) is 6.92 Å². The summed E-state index contributed by atoms with van der Waals surface area (Å²) in [7, 11) is 0. The summed E-state index contributed by atoms with van der Waals surface area (Å²) in [6, 6.07) is -0.310. The fourth-order valence-corrected chi connectivity index (χ4v) is 4.31. The van der Waals surface area contributed by atoms with Crippen LogP contribution in [-0.2, 0) is 17.6 Å². The second-order valence-corrected chi connectivity index (χ2v) is 6.44. The molecule has 5 heteroatoms. The van der Waals surface area contributed by atoms with Crippen LogP contribution in [0, 0.1) is 0 Å². The molecule has 1 aromatic heterocycles. The van der Waals surface area contributed by atoms with Crippen molar-refractivity contribution < 1.29 is 9.59 Å². The third-order valence-electron chi connectivity index (χ3n) is 4.27. The lowest BCUT2D eigenvalue weighted by molar-refractivity contribution is -0.127. The van der Waals surface area contributed by atoms with E-state index in [0.29, 0.717) is 19.5 Å². The van der Waals surface area contributed by atoms with Crippen molar-refractivity contribution in [3.05, 3.63) is 21.4 Å². The molecule has 3 rings (SSSR count). The maximum absolute atomic E-state index is 12.8. The highest BCUT2D eigenvalue weighted by molar-refractivity contribution is 7.10. The SMILES string of the molecule is CCC1C(=O)NCCN1C(=O)c1csc2c1CCCC2. The number of nitrogens with one attached hydrogen (secondary N) is 1. The second kappa shape index (κ2) is 5.56. The molecule has 0 saturated carbocycles. The molecule has 1 aromatic rings. The molecule has 0 spiro atoms. The van der Waals surface area contributed by atoms with Crippen molar-refractivity contribution in [1.82, 2.24) is 10.2 Å². The Labute approximate surface area is 123 Å². The van der Waals surface area contributed by atoms with Gasteiger partial charge in [-0.05, 0) is 37.7 Å². The van der Waals surface area contributed by atoms with E-state index in [-0.39, 0.29) is 17.9 Å². The van der Waals surface area contributed by atoms with Crippen LogP contribution in [0.4, 0.5) is 0 Å². The Balaban J connectivity index is 1.88. The molecule has 1 atom stereocenters. The van der Waals surface area contributed by atoms with Crippen LogP contribution >= 0.6 is 11.3 Å². The molecular formula is C15H20N2O2S. The van der Waals surface area contributed by atoms with E-state index < -0.39 is 0 Å². The number of rotatable bonds is 2. The summed E-state index contributed by atoms with van der Waals surface area (Å²) in [5.41, 5.74) is 2.09. The van der Waals surface area contributed by atoms with E-state index >= 15 is 0 Å². The summed E-state index contributed by atoms with van der Waals surface area (Å²) in [6.07, 6.45) is 5.18. The minimum Gasteiger partial charge on any atom is -0.353 e. The molecule has 1 aliphatic carbocycles. The van der Waals surface area contributed by atoms with E-state index in [4.69, 9.17) is 0 Å². The normalized spacial score (nSPS) is 22.4. The van der Waals surface area contributed by atoms with Crippen molar-refractivity contribution in [2.45, 2.75) is 45.1 Å². The molecule has 1 saturated heterocycles. The highest BCUT2D eigenvalue weighted by Crippen LogP contribution is 2.31. The first-order valence-corrected chi connectivity index (χ1v) is 8.28. The van der Waals surface area contributed by atoms with Gasteiger partial charge in [-0.2, -0.15) is 0 Å². The number of hydrogen-bond donors (Lipinski definition) is 1. The number of fused-ring (bicyclic) bond motifs is 1. The standard InChI is InChI=1S/C15H20N2O2S/c1-2-12-14(18)16-7-8-17(12)15(19)11-9-20-13-6-4-3-5-10(11)13/h9,12H,2-8H2,1H3,(H,16,18). The van der Waals surface area contributed by atoms with Gasteiger partial charge in [0.1, 0.15) is 6.04 Å². The van der Waals surface area contributed by atoms with Gasteiger partial charge in [0.2, 0.25) is 5.91 Å². The van der Waals surface area contributed by atoms with Gasteiger partial charge in [0.05, 0.1) is 5.56 Å². The molecule has 2 heterocycles. The third kappa shape index (κ3) is 2.24. The van der Waals surface area contributed by atoms with E-state index in [1.165, 1.54) is 23.3 Å². The van der Waals surface area contributed by atoms with Crippen LogP contribution in [0.25, 0.3) is 0 Å². The number of nitrogens with zero attached hydrogens (tertiary/aromatic N) is 1. The number of amides is 2. The van der Waals surface area contributed by atoms with E-state index in [9.17, 15) is 9.59 Å². The highest BCUT2D eigenvalue weighted by atomic mass is 32.1. The zero-order valence-electron chi connectivity index (χ0n) is 11.8. The van der Waals surface area contributed by atoms with Crippen molar-refractivity contribution in [2.75, 3.05) is 13.1 Å². The summed E-state index contributed by atoms with van der Waals surface area (Å²) in [4.78, 5) is 27.8. The lowest BCUT2D eigenvalue weighted by Gasteiger charge is -2.34. The lowest BCUT2D eigenvalue weighted by atomic mass is 9.95. The van der Waals surface area contributed by atoms with Crippen molar-refractivity contribution in [3.63, 3.8) is 0 Å². The van der Waals surface area contributed by atoms with Crippen molar-refractivity contribution >= 4 is 23.2 Å². The molecule has 4 nitrogen and oxygen atoms in total. The molecule has 2 aliphatic rings. The Kier molecular flexibility index (Phi) is 3.78. The minimum absolute atomic E-state index is 0.0174. The average Bonchev–Trinajstić information content (AvgIpc) is 2.90. The summed E-state index contributed by atoms with van der Waals surface area (Å²) >= 11 is 1.71. The molecule has 2 amide bonds. The minimum atomic E-state index is -0.310. The Morgan fingerprint density at radius 3 is 3.05 bits per heavy atom. The third-order valence-corrected chi connectivity index (χ3v) is 5.36.